The number of morpholine rings is 1. The molecule has 2 heterocycles. The first-order valence-corrected chi connectivity index (χ1v) is 11.6. The fourth-order valence-corrected chi connectivity index (χ4v) is 4.38. The molecule has 4 rings (SSSR count). The Morgan fingerprint density at radius 1 is 1.12 bits per heavy atom. The summed E-state index contributed by atoms with van der Waals surface area (Å²) in [5.41, 5.74) is 1.16. The first-order valence-electron chi connectivity index (χ1n) is 10.7. The Labute approximate surface area is 201 Å². The van der Waals surface area contributed by atoms with Crippen molar-refractivity contribution in [3.8, 4) is 17.2 Å². The normalized spacial score (nSPS) is 14.5. The summed E-state index contributed by atoms with van der Waals surface area (Å²) in [4.78, 5) is 15.0. The Morgan fingerprint density at radius 2 is 1.88 bits per heavy atom. The first-order chi connectivity index (χ1) is 16.5. The van der Waals surface area contributed by atoms with Crippen LogP contribution >= 0.6 is 11.8 Å². The molecule has 0 spiro atoms. The largest absolute Gasteiger partial charge is 0.493 e. The summed E-state index contributed by atoms with van der Waals surface area (Å²) in [6, 6.07) is 11.4. The lowest BCUT2D eigenvalue weighted by Gasteiger charge is -2.28. The molecule has 1 aliphatic rings. The summed E-state index contributed by atoms with van der Waals surface area (Å²) in [7, 11) is 3.09. The van der Waals surface area contributed by atoms with Gasteiger partial charge < -0.3 is 24.4 Å². The maximum atomic E-state index is 14.0. The number of hydrogen-bond donors (Lipinski definition) is 1. The van der Waals surface area contributed by atoms with E-state index in [2.05, 4.69) is 15.5 Å². The van der Waals surface area contributed by atoms with Gasteiger partial charge in [0.25, 0.3) is 0 Å². The second-order valence-corrected chi connectivity index (χ2v) is 8.82. The van der Waals surface area contributed by atoms with Crippen LogP contribution in [0.15, 0.2) is 47.6 Å². The van der Waals surface area contributed by atoms with E-state index in [0.717, 1.165) is 0 Å². The van der Waals surface area contributed by atoms with E-state index in [4.69, 9.17) is 14.2 Å². The molecule has 0 saturated carbocycles. The third-order valence-electron chi connectivity index (χ3n) is 5.28. The molecule has 0 bridgehead atoms. The molecule has 34 heavy (non-hydrogen) atoms. The molecule has 1 saturated heterocycles. The lowest BCUT2D eigenvalue weighted by atomic mass is 10.2. The van der Waals surface area contributed by atoms with Crippen LogP contribution in [-0.2, 0) is 9.53 Å². The van der Waals surface area contributed by atoms with Gasteiger partial charge in [0.05, 0.1) is 38.4 Å². The number of nitrogens with zero attached hydrogens (tertiary/aromatic N) is 4. The van der Waals surface area contributed by atoms with E-state index in [0.29, 0.717) is 60.3 Å². The average molecular weight is 488 g/mol. The minimum absolute atomic E-state index is 0.223. The lowest BCUT2D eigenvalue weighted by Crippen LogP contribution is -2.38. The summed E-state index contributed by atoms with van der Waals surface area (Å²) in [5, 5.41) is 11.6. The van der Waals surface area contributed by atoms with Gasteiger partial charge in [0.15, 0.2) is 16.7 Å². The van der Waals surface area contributed by atoms with Gasteiger partial charge in [0.2, 0.25) is 11.9 Å². The number of carbonyl (C=O) groups is 1. The van der Waals surface area contributed by atoms with Gasteiger partial charge in [0.1, 0.15) is 5.82 Å². The minimum Gasteiger partial charge on any atom is -0.493 e. The first kappa shape index (κ1) is 23.8. The second-order valence-electron chi connectivity index (χ2n) is 7.52. The fourth-order valence-electron chi connectivity index (χ4n) is 3.52. The Morgan fingerprint density at radius 3 is 2.59 bits per heavy atom. The quantitative estimate of drug-likeness (QED) is 0.484. The highest BCUT2D eigenvalue weighted by molar-refractivity contribution is 8.00. The van der Waals surface area contributed by atoms with Crippen LogP contribution < -0.4 is 19.7 Å². The van der Waals surface area contributed by atoms with Gasteiger partial charge >= 0.3 is 0 Å². The molecule has 180 valence electrons. The van der Waals surface area contributed by atoms with Crippen LogP contribution in [0.4, 0.5) is 16.0 Å². The van der Waals surface area contributed by atoms with Gasteiger partial charge in [0, 0.05) is 24.8 Å². The maximum absolute atomic E-state index is 14.0. The number of nitrogens with one attached hydrogen (secondary N) is 1. The summed E-state index contributed by atoms with van der Waals surface area (Å²) in [5.74, 6) is 1.08. The van der Waals surface area contributed by atoms with Crippen molar-refractivity contribution in [2.75, 3.05) is 50.7 Å². The average Bonchev–Trinajstić information content (AvgIpc) is 3.27. The number of carbonyl (C=O) groups excluding carboxylic acids is 1. The Kier molecular flexibility index (Phi) is 7.53. The molecule has 1 aromatic heterocycles. The van der Waals surface area contributed by atoms with Crippen LogP contribution in [0.3, 0.4) is 0 Å². The molecule has 3 aromatic rings. The molecule has 1 amide bonds. The Balaban J connectivity index is 1.57. The molecule has 2 aromatic carbocycles. The van der Waals surface area contributed by atoms with Crippen molar-refractivity contribution in [3.63, 3.8) is 0 Å². The highest BCUT2D eigenvalue weighted by atomic mass is 32.2. The Bertz CT molecular complexity index is 1150. The van der Waals surface area contributed by atoms with Gasteiger partial charge in [-0.2, -0.15) is 0 Å². The van der Waals surface area contributed by atoms with Crippen molar-refractivity contribution in [1.29, 1.82) is 0 Å². The topological polar surface area (TPSA) is 90.7 Å². The van der Waals surface area contributed by atoms with Crippen molar-refractivity contribution in [1.82, 2.24) is 14.8 Å². The van der Waals surface area contributed by atoms with E-state index in [1.54, 1.807) is 48.9 Å². The monoisotopic (exact) mass is 487 g/mol. The zero-order valence-electron chi connectivity index (χ0n) is 19.2. The van der Waals surface area contributed by atoms with E-state index >= 15 is 0 Å². The molecule has 0 aliphatic carbocycles. The van der Waals surface area contributed by atoms with Crippen molar-refractivity contribution in [2.24, 2.45) is 0 Å². The zero-order valence-corrected chi connectivity index (χ0v) is 20.0. The van der Waals surface area contributed by atoms with E-state index < -0.39 is 5.25 Å². The number of ether oxygens (including phenoxy) is 3. The van der Waals surface area contributed by atoms with Crippen molar-refractivity contribution >= 4 is 29.3 Å². The summed E-state index contributed by atoms with van der Waals surface area (Å²) in [6.45, 7) is 4.21. The molecule has 0 radical (unpaired) electrons. The Hall–Kier alpha value is -3.31. The molecule has 9 nitrogen and oxygen atoms in total. The SMILES string of the molecule is COc1ccc(NC(=O)C(C)Sc2nnc(N3CCOCC3)n2-c2cccc(F)c2)cc1OC. The van der Waals surface area contributed by atoms with Gasteiger partial charge in [-0.3, -0.25) is 9.36 Å². The van der Waals surface area contributed by atoms with Gasteiger partial charge in [-0.05, 0) is 37.3 Å². The van der Waals surface area contributed by atoms with E-state index in [1.807, 2.05) is 4.90 Å². The van der Waals surface area contributed by atoms with E-state index in [9.17, 15) is 9.18 Å². The van der Waals surface area contributed by atoms with Gasteiger partial charge in [-0.15, -0.1) is 10.2 Å². The summed E-state index contributed by atoms with van der Waals surface area (Å²) < 4.78 is 31.8. The number of thioether (sulfide) groups is 1. The molecule has 1 N–H and O–H groups in total. The van der Waals surface area contributed by atoms with Crippen LogP contribution in [0.1, 0.15) is 6.92 Å². The van der Waals surface area contributed by atoms with Crippen LogP contribution in [0.2, 0.25) is 0 Å². The maximum Gasteiger partial charge on any atom is 0.237 e. The minimum atomic E-state index is -0.512. The molecular formula is C23H26FN5O4S. The molecule has 1 aliphatic heterocycles. The molecule has 1 fully saturated rings. The van der Waals surface area contributed by atoms with Gasteiger partial charge in [-0.25, -0.2) is 4.39 Å². The van der Waals surface area contributed by atoms with E-state index in [-0.39, 0.29) is 11.7 Å². The van der Waals surface area contributed by atoms with E-state index in [1.165, 1.54) is 31.0 Å². The molecular weight excluding hydrogens is 461 g/mol. The zero-order chi connectivity index (χ0) is 24.1. The summed E-state index contributed by atoms with van der Waals surface area (Å²) in [6.07, 6.45) is 0. The van der Waals surface area contributed by atoms with Crippen LogP contribution in [0, 0.1) is 5.82 Å². The molecule has 1 unspecified atom stereocenters. The van der Waals surface area contributed by atoms with Crippen molar-refractivity contribution < 1.29 is 23.4 Å². The number of halogens is 1. The highest BCUT2D eigenvalue weighted by Gasteiger charge is 2.25. The lowest BCUT2D eigenvalue weighted by molar-refractivity contribution is -0.115. The van der Waals surface area contributed by atoms with Gasteiger partial charge in [-0.1, -0.05) is 17.8 Å². The van der Waals surface area contributed by atoms with Crippen molar-refractivity contribution in [2.45, 2.75) is 17.3 Å². The second kappa shape index (κ2) is 10.7. The van der Waals surface area contributed by atoms with Crippen molar-refractivity contribution in [3.05, 3.63) is 48.3 Å². The fraction of sp³-hybridized carbons (Fsp3) is 0.348. The van der Waals surface area contributed by atoms with Crippen LogP contribution in [-0.4, -0.2) is 66.4 Å². The summed E-state index contributed by atoms with van der Waals surface area (Å²) >= 11 is 1.24. The third-order valence-corrected chi connectivity index (χ3v) is 6.32. The number of methoxy groups -OCH3 is 2. The standard InChI is InChI=1S/C23H26FN5O4S/c1-15(21(30)25-17-7-8-19(31-2)20(14-17)32-3)34-23-27-26-22(28-9-11-33-12-10-28)29(23)18-6-4-5-16(24)13-18/h4-8,13-15H,9-12H2,1-3H3,(H,25,30). The number of aromatic nitrogens is 3. The molecule has 1 atom stereocenters. The number of benzene rings is 2. The predicted molar refractivity (Wildman–Crippen MR) is 128 cm³/mol. The smallest absolute Gasteiger partial charge is 0.237 e. The number of amides is 1. The number of anilines is 2. The number of rotatable bonds is 8. The highest BCUT2D eigenvalue weighted by Crippen LogP contribution is 2.32. The van der Waals surface area contributed by atoms with Crippen LogP contribution in [0.25, 0.3) is 5.69 Å². The van der Waals surface area contributed by atoms with Crippen LogP contribution in [0.5, 0.6) is 11.5 Å². The third kappa shape index (κ3) is 5.26. The molecule has 11 heteroatoms. The number of hydrogen-bond acceptors (Lipinski definition) is 8. The predicted octanol–water partition coefficient (Wildman–Crippen LogP) is 3.38.